The van der Waals surface area contributed by atoms with Crippen molar-refractivity contribution in [3.8, 4) is 0 Å². The smallest absolute Gasteiger partial charge is 0.231 e. The van der Waals surface area contributed by atoms with Gasteiger partial charge >= 0.3 is 0 Å². The van der Waals surface area contributed by atoms with E-state index in [2.05, 4.69) is 9.71 Å². The zero-order valence-corrected chi connectivity index (χ0v) is 10.0. The van der Waals surface area contributed by atoms with Crippen molar-refractivity contribution in [1.29, 1.82) is 0 Å². The van der Waals surface area contributed by atoms with Gasteiger partial charge in [-0.05, 0) is 12.3 Å². The highest BCUT2D eigenvalue weighted by Crippen LogP contribution is 2.30. The minimum atomic E-state index is -3.33. The molecule has 0 fully saturated rings. The van der Waals surface area contributed by atoms with Crippen molar-refractivity contribution < 1.29 is 8.42 Å². The monoisotopic (exact) mass is 252 g/mol. The van der Waals surface area contributed by atoms with Crippen LogP contribution in [0.1, 0.15) is 0 Å². The summed E-state index contributed by atoms with van der Waals surface area (Å²) >= 11 is 7.33. The molecule has 0 radical (unpaired) electrons. The second-order valence-corrected chi connectivity index (χ2v) is 5.52. The van der Waals surface area contributed by atoms with Crippen LogP contribution in [0.4, 0.5) is 5.82 Å². The zero-order valence-electron chi connectivity index (χ0n) is 7.61. The van der Waals surface area contributed by atoms with Gasteiger partial charge in [-0.1, -0.05) is 11.6 Å². The molecule has 78 valence electrons. The normalized spacial score (nSPS) is 11.4. The van der Waals surface area contributed by atoms with E-state index in [9.17, 15) is 8.42 Å². The molecule has 0 atom stereocenters. The van der Waals surface area contributed by atoms with Crippen LogP contribution >= 0.6 is 23.4 Å². The molecule has 0 saturated heterocycles. The van der Waals surface area contributed by atoms with Crippen LogP contribution in [-0.4, -0.2) is 25.9 Å². The molecule has 7 heteroatoms. The SMILES string of the molecule is CSc1ccnc(NS(C)(=O)=O)c1Cl. The summed E-state index contributed by atoms with van der Waals surface area (Å²) in [5, 5.41) is 0.324. The third-order valence-electron chi connectivity index (χ3n) is 1.36. The summed E-state index contributed by atoms with van der Waals surface area (Å²) in [5.74, 6) is 0.168. The van der Waals surface area contributed by atoms with Gasteiger partial charge in [0.1, 0.15) is 0 Å². The zero-order chi connectivity index (χ0) is 10.8. The van der Waals surface area contributed by atoms with Gasteiger partial charge in [-0.25, -0.2) is 13.4 Å². The number of thioether (sulfide) groups is 1. The Morgan fingerprint density at radius 1 is 1.57 bits per heavy atom. The first kappa shape index (κ1) is 11.6. The Morgan fingerprint density at radius 3 is 2.71 bits per heavy atom. The predicted octanol–water partition coefficient (Wildman–Crippen LogP) is 1.83. The highest BCUT2D eigenvalue weighted by molar-refractivity contribution is 7.98. The second-order valence-electron chi connectivity index (χ2n) is 2.55. The van der Waals surface area contributed by atoms with E-state index in [1.54, 1.807) is 6.07 Å². The van der Waals surface area contributed by atoms with Gasteiger partial charge in [0, 0.05) is 11.1 Å². The number of hydrogen-bond acceptors (Lipinski definition) is 4. The number of halogens is 1. The fourth-order valence-electron chi connectivity index (χ4n) is 0.830. The molecule has 0 aromatic carbocycles. The molecule has 0 saturated carbocycles. The van der Waals surface area contributed by atoms with Crippen molar-refractivity contribution in [2.75, 3.05) is 17.2 Å². The fraction of sp³-hybridized carbons (Fsp3) is 0.286. The lowest BCUT2D eigenvalue weighted by Crippen LogP contribution is -2.11. The van der Waals surface area contributed by atoms with E-state index in [-0.39, 0.29) is 5.82 Å². The van der Waals surface area contributed by atoms with Crippen LogP contribution in [0.3, 0.4) is 0 Å². The summed E-state index contributed by atoms with van der Waals surface area (Å²) in [4.78, 5) is 4.62. The minimum Gasteiger partial charge on any atom is -0.266 e. The average Bonchev–Trinajstić information content (AvgIpc) is 2.06. The lowest BCUT2D eigenvalue weighted by atomic mass is 10.5. The minimum absolute atomic E-state index is 0.168. The lowest BCUT2D eigenvalue weighted by molar-refractivity contribution is 0.606. The van der Waals surface area contributed by atoms with Crippen molar-refractivity contribution in [1.82, 2.24) is 4.98 Å². The number of sulfonamides is 1. The number of hydrogen-bond donors (Lipinski definition) is 1. The molecule has 0 spiro atoms. The third kappa shape index (κ3) is 3.04. The van der Waals surface area contributed by atoms with Crippen LogP contribution in [0.25, 0.3) is 0 Å². The van der Waals surface area contributed by atoms with Gasteiger partial charge in [-0.15, -0.1) is 11.8 Å². The van der Waals surface area contributed by atoms with E-state index in [1.165, 1.54) is 18.0 Å². The molecule has 1 N–H and O–H groups in total. The van der Waals surface area contributed by atoms with Crippen LogP contribution in [-0.2, 0) is 10.0 Å². The third-order valence-corrected chi connectivity index (χ3v) is 3.19. The average molecular weight is 253 g/mol. The van der Waals surface area contributed by atoms with E-state index in [1.807, 2.05) is 6.26 Å². The van der Waals surface area contributed by atoms with Gasteiger partial charge in [0.15, 0.2) is 5.82 Å². The highest BCUT2D eigenvalue weighted by atomic mass is 35.5. The number of pyridine rings is 1. The van der Waals surface area contributed by atoms with E-state index in [0.29, 0.717) is 5.02 Å². The van der Waals surface area contributed by atoms with Crippen LogP contribution in [0, 0.1) is 0 Å². The summed E-state index contributed by atoms with van der Waals surface area (Å²) in [6, 6.07) is 1.72. The summed E-state index contributed by atoms with van der Waals surface area (Å²) in [6.45, 7) is 0. The summed E-state index contributed by atoms with van der Waals surface area (Å²) < 4.78 is 24.1. The summed E-state index contributed by atoms with van der Waals surface area (Å²) in [7, 11) is -3.33. The molecule has 1 rings (SSSR count). The molecule has 0 aliphatic heterocycles. The molecular formula is C7H9ClN2O2S2. The van der Waals surface area contributed by atoms with Crippen molar-refractivity contribution >= 4 is 39.2 Å². The van der Waals surface area contributed by atoms with Gasteiger partial charge in [0.05, 0.1) is 11.3 Å². The van der Waals surface area contributed by atoms with Crippen molar-refractivity contribution in [2.45, 2.75) is 4.90 Å². The number of nitrogens with one attached hydrogen (secondary N) is 1. The second kappa shape index (κ2) is 4.37. The molecule has 0 amide bonds. The Hall–Kier alpha value is -0.460. The van der Waals surface area contributed by atoms with Gasteiger partial charge in [-0.3, -0.25) is 4.72 Å². The van der Waals surface area contributed by atoms with Crippen molar-refractivity contribution in [3.63, 3.8) is 0 Å². The molecule has 14 heavy (non-hydrogen) atoms. The molecule has 0 aliphatic rings. The number of aromatic nitrogens is 1. The predicted molar refractivity (Wildman–Crippen MR) is 59.5 cm³/mol. The van der Waals surface area contributed by atoms with Crippen LogP contribution < -0.4 is 4.72 Å². The van der Waals surface area contributed by atoms with E-state index < -0.39 is 10.0 Å². The molecule has 0 aliphatic carbocycles. The first-order chi connectivity index (χ1) is 6.44. The number of nitrogens with zero attached hydrogens (tertiary/aromatic N) is 1. The molecule has 1 aromatic heterocycles. The quantitative estimate of drug-likeness (QED) is 0.834. The van der Waals surface area contributed by atoms with Gasteiger partial charge in [0.25, 0.3) is 0 Å². The molecule has 1 heterocycles. The fourth-order valence-corrected chi connectivity index (χ4v) is 2.26. The molecular weight excluding hydrogens is 244 g/mol. The topological polar surface area (TPSA) is 59.1 Å². The Balaban J connectivity index is 3.10. The molecule has 0 bridgehead atoms. The van der Waals surface area contributed by atoms with Gasteiger partial charge in [-0.2, -0.15) is 0 Å². The van der Waals surface area contributed by atoms with Crippen molar-refractivity contribution in [2.24, 2.45) is 0 Å². The highest BCUT2D eigenvalue weighted by Gasteiger charge is 2.10. The summed E-state index contributed by atoms with van der Waals surface area (Å²) in [5.41, 5.74) is 0. The lowest BCUT2D eigenvalue weighted by Gasteiger charge is -2.07. The molecule has 1 aromatic rings. The Morgan fingerprint density at radius 2 is 2.21 bits per heavy atom. The van der Waals surface area contributed by atoms with Crippen LogP contribution in [0.15, 0.2) is 17.2 Å². The maximum absolute atomic E-state index is 10.9. The van der Waals surface area contributed by atoms with E-state index in [4.69, 9.17) is 11.6 Å². The van der Waals surface area contributed by atoms with Gasteiger partial charge < -0.3 is 0 Å². The standard InChI is InChI=1S/C7H9ClN2O2S2/c1-13-5-3-4-9-7(6(5)8)10-14(2,11)12/h3-4H,1-2H3,(H,9,10). The van der Waals surface area contributed by atoms with Crippen LogP contribution in [0.2, 0.25) is 5.02 Å². The van der Waals surface area contributed by atoms with E-state index in [0.717, 1.165) is 11.2 Å². The Bertz CT molecular complexity index is 433. The van der Waals surface area contributed by atoms with Gasteiger partial charge in [0.2, 0.25) is 10.0 Å². The number of rotatable bonds is 3. The first-order valence-corrected chi connectivity index (χ1v) is 7.09. The van der Waals surface area contributed by atoms with E-state index >= 15 is 0 Å². The Kier molecular flexibility index (Phi) is 3.63. The van der Waals surface area contributed by atoms with Crippen LogP contribution in [0.5, 0.6) is 0 Å². The molecule has 4 nitrogen and oxygen atoms in total. The summed E-state index contributed by atoms with van der Waals surface area (Å²) in [6.07, 6.45) is 4.41. The Labute approximate surface area is 92.1 Å². The first-order valence-electron chi connectivity index (χ1n) is 3.60. The number of anilines is 1. The maximum Gasteiger partial charge on any atom is 0.231 e. The maximum atomic E-state index is 10.9. The largest absolute Gasteiger partial charge is 0.266 e. The molecule has 0 unspecified atom stereocenters. The van der Waals surface area contributed by atoms with Crippen molar-refractivity contribution in [3.05, 3.63) is 17.3 Å².